The van der Waals surface area contributed by atoms with Crippen LogP contribution < -0.4 is 10.6 Å². The first-order chi connectivity index (χ1) is 13.2. The molecule has 0 radical (unpaired) electrons. The molecule has 5 heteroatoms. The second-order valence-electron chi connectivity index (χ2n) is 8.10. The molecule has 1 aromatic carbocycles. The van der Waals surface area contributed by atoms with Gasteiger partial charge in [0.15, 0.2) is 5.96 Å². The first kappa shape index (κ1) is 20.2. The fourth-order valence-electron chi connectivity index (χ4n) is 4.26. The molecule has 27 heavy (non-hydrogen) atoms. The number of methoxy groups -OCH3 is 1. The number of fused-ring (bicyclic) bond motifs is 1. The average Bonchev–Trinajstić information content (AvgIpc) is 2.68. The standard InChI is InChI=1S/C22H36N4O/c1-23-21(25-18-22(10-5-11-22)12-16-27-2)24-13-6-14-26-15-9-19-7-3-4-8-20(19)17-26/h3-4,7-8H,5-6,9-18H2,1-2H3,(H2,23,24,25). The third kappa shape index (κ3) is 5.69. The Morgan fingerprint density at radius 1 is 1.22 bits per heavy atom. The summed E-state index contributed by atoms with van der Waals surface area (Å²) in [7, 11) is 3.65. The lowest BCUT2D eigenvalue weighted by Gasteiger charge is -2.42. The van der Waals surface area contributed by atoms with E-state index in [0.717, 1.165) is 51.6 Å². The molecule has 2 aliphatic rings. The Hall–Kier alpha value is -1.59. The van der Waals surface area contributed by atoms with Gasteiger partial charge in [0.05, 0.1) is 0 Å². The second-order valence-corrected chi connectivity index (χ2v) is 8.10. The van der Waals surface area contributed by atoms with Crippen LogP contribution in [0, 0.1) is 5.41 Å². The first-order valence-electron chi connectivity index (χ1n) is 10.5. The van der Waals surface area contributed by atoms with Crippen molar-refractivity contribution < 1.29 is 4.74 Å². The molecular weight excluding hydrogens is 336 g/mol. The summed E-state index contributed by atoms with van der Waals surface area (Å²) in [6, 6.07) is 8.85. The van der Waals surface area contributed by atoms with Gasteiger partial charge in [0.1, 0.15) is 0 Å². The van der Waals surface area contributed by atoms with E-state index in [1.165, 1.54) is 43.4 Å². The molecular formula is C22H36N4O. The SMILES string of the molecule is CN=C(NCCCN1CCc2ccccc2C1)NCC1(CCOC)CCC1. The zero-order valence-corrected chi connectivity index (χ0v) is 17.1. The molecule has 2 N–H and O–H groups in total. The molecule has 0 bridgehead atoms. The van der Waals surface area contributed by atoms with E-state index in [9.17, 15) is 0 Å². The highest BCUT2D eigenvalue weighted by Crippen LogP contribution is 2.43. The van der Waals surface area contributed by atoms with Gasteiger partial charge >= 0.3 is 0 Å². The molecule has 0 amide bonds. The van der Waals surface area contributed by atoms with Crippen LogP contribution in [-0.4, -0.2) is 57.8 Å². The lowest BCUT2D eigenvalue weighted by atomic mass is 9.67. The number of hydrogen-bond acceptors (Lipinski definition) is 3. The molecule has 0 atom stereocenters. The number of nitrogens with one attached hydrogen (secondary N) is 2. The molecule has 0 saturated heterocycles. The van der Waals surface area contributed by atoms with E-state index >= 15 is 0 Å². The van der Waals surface area contributed by atoms with Crippen molar-refractivity contribution >= 4 is 5.96 Å². The van der Waals surface area contributed by atoms with Crippen molar-refractivity contribution in [2.75, 3.05) is 46.9 Å². The zero-order chi connectivity index (χ0) is 19.0. The number of nitrogens with zero attached hydrogens (tertiary/aromatic N) is 2. The monoisotopic (exact) mass is 372 g/mol. The van der Waals surface area contributed by atoms with Crippen LogP contribution in [0.3, 0.4) is 0 Å². The number of aliphatic imine (C=N–C) groups is 1. The van der Waals surface area contributed by atoms with Crippen molar-refractivity contribution in [2.45, 2.75) is 45.1 Å². The predicted molar refractivity (Wildman–Crippen MR) is 112 cm³/mol. The van der Waals surface area contributed by atoms with Crippen LogP contribution >= 0.6 is 0 Å². The van der Waals surface area contributed by atoms with Gasteiger partial charge in [0.25, 0.3) is 0 Å². The quantitative estimate of drug-likeness (QED) is 0.398. The Labute approximate surface area is 164 Å². The van der Waals surface area contributed by atoms with Crippen molar-refractivity contribution in [3.63, 3.8) is 0 Å². The van der Waals surface area contributed by atoms with Crippen LogP contribution in [0.5, 0.6) is 0 Å². The minimum absolute atomic E-state index is 0.412. The highest BCUT2D eigenvalue weighted by atomic mass is 16.5. The van der Waals surface area contributed by atoms with E-state index in [4.69, 9.17) is 4.74 Å². The number of guanidine groups is 1. The van der Waals surface area contributed by atoms with Gasteiger partial charge in [-0.2, -0.15) is 0 Å². The summed E-state index contributed by atoms with van der Waals surface area (Å²) >= 11 is 0. The third-order valence-corrected chi connectivity index (χ3v) is 6.26. The Morgan fingerprint density at radius 3 is 2.74 bits per heavy atom. The molecule has 0 spiro atoms. The molecule has 1 aromatic rings. The molecule has 1 aliphatic carbocycles. The Morgan fingerprint density at radius 2 is 2.04 bits per heavy atom. The highest BCUT2D eigenvalue weighted by Gasteiger charge is 2.36. The summed E-state index contributed by atoms with van der Waals surface area (Å²) in [6.07, 6.45) is 7.40. The van der Waals surface area contributed by atoms with Gasteiger partial charge < -0.3 is 15.4 Å². The Kier molecular flexibility index (Phi) is 7.53. The second kappa shape index (κ2) is 10.1. The summed E-state index contributed by atoms with van der Waals surface area (Å²) in [6.45, 7) is 6.21. The summed E-state index contributed by atoms with van der Waals surface area (Å²) in [5.74, 6) is 0.933. The third-order valence-electron chi connectivity index (χ3n) is 6.26. The van der Waals surface area contributed by atoms with Crippen LogP contribution in [0.1, 0.15) is 43.2 Å². The Balaban J connectivity index is 1.33. The maximum atomic E-state index is 5.29. The number of hydrogen-bond donors (Lipinski definition) is 2. The number of ether oxygens (including phenoxy) is 1. The molecule has 0 unspecified atom stereocenters. The maximum absolute atomic E-state index is 5.29. The van der Waals surface area contributed by atoms with E-state index in [0.29, 0.717) is 5.41 Å². The van der Waals surface area contributed by atoms with E-state index in [1.807, 2.05) is 7.05 Å². The van der Waals surface area contributed by atoms with Crippen LogP contribution in [0.15, 0.2) is 29.3 Å². The normalized spacial score (nSPS) is 19.3. The molecule has 3 rings (SSSR count). The van der Waals surface area contributed by atoms with Crippen molar-refractivity contribution in [3.8, 4) is 0 Å². The van der Waals surface area contributed by atoms with Gasteiger partial charge in [-0.3, -0.25) is 9.89 Å². The smallest absolute Gasteiger partial charge is 0.190 e. The van der Waals surface area contributed by atoms with Crippen molar-refractivity contribution in [3.05, 3.63) is 35.4 Å². The Bertz CT molecular complexity index is 612. The number of rotatable bonds is 9. The van der Waals surface area contributed by atoms with Gasteiger partial charge in [0, 0.05) is 53.5 Å². The minimum Gasteiger partial charge on any atom is -0.385 e. The van der Waals surface area contributed by atoms with Gasteiger partial charge in [-0.05, 0) is 48.6 Å². The highest BCUT2D eigenvalue weighted by molar-refractivity contribution is 5.79. The zero-order valence-electron chi connectivity index (χ0n) is 17.1. The summed E-state index contributed by atoms with van der Waals surface area (Å²) < 4.78 is 5.29. The molecule has 1 fully saturated rings. The van der Waals surface area contributed by atoms with Crippen molar-refractivity contribution in [2.24, 2.45) is 10.4 Å². The maximum Gasteiger partial charge on any atom is 0.190 e. The largest absolute Gasteiger partial charge is 0.385 e. The van der Waals surface area contributed by atoms with Crippen molar-refractivity contribution in [1.29, 1.82) is 0 Å². The molecule has 150 valence electrons. The molecule has 1 heterocycles. The van der Waals surface area contributed by atoms with Gasteiger partial charge in [-0.1, -0.05) is 30.7 Å². The molecule has 1 saturated carbocycles. The van der Waals surface area contributed by atoms with Crippen LogP contribution in [0.25, 0.3) is 0 Å². The van der Waals surface area contributed by atoms with Crippen LogP contribution in [0.4, 0.5) is 0 Å². The topological polar surface area (TPSA) is 48.9 Å². The number of benzene rings is 1. The van der Waals surface area contributed by atoms with E-state index in [-0.39, 0.29) is 0 Å². The lowest BCUT2D eigenvalue weighted by molar-refractivity contribution is 0.0732. The van der Waals surface area contributed by atoms with Gasteiger partial charge in [-0.15, -0.1) is 0 Å². The van der Waals surface area contributed by atoms with Crippen LogP contribution in [0.2, 0.25) is 0 Å². The minimum atomic E-state index is 0.412. The van der Waals surface area contributed by atoms with E-state index < -0.39 is 0 Å². The summed E-state index contributed by atoms with van der Waals surface area (Å²) in [4.78, 5) is 6.96. The van der Waals surface area contributed by atoms with Crippen LogP contribution in [-0.2, 0) is 17.7 Å². The fraction of sp³-hybridized carbons (Fsp3) is 0.682. The average molecular weight is 373 g/mol. The molecule has 0 aromatic heterocycles. The lowest BCUT2D eigenvalue weighted by Crippen LogP contribution is -2.47. The van der Waals surface area contributed by atoms with Crippen molar-refractivity contribution in [1.82, 2.24) is 15.5 Å². The van der Waals surface area contributed by atoms with Gasteiger partial charge in [0.2, 0.25) is 0 Å². The van der Waals surface area contributed by atoms with E-state index in [2.05, 4.69) is 44.8 Å². The van der Waals surface area contributed by atoms with Gasteiger partial charge in [-0.25, -0.2) is 0 Å². The van der Waals surface area contributed by atoms with E-state index in [1.54, 1.807) is 7.11 Å². The summed E-state index contributed by atoms with van der Waals surface area (Å²) in [5, 5.41) is 7.03. The predicted octanol–water partition coefficient (Wildman–Crippen LogP) is 2.81. The molecule has 1 aliphatic heterocycles. The fourth-order valence-corrected chi connectivity index (χ4v) is 4.26. The summed E-state index contributed by atoms with van der Waals surface area (Å²) in [5.41, 5.74) is 3.43. The first-order valence-corrected chi connectivity index (χ1v) is 10.5. The molecule has 5 nitrogen and oxygen atoms in total.